The fourth-order valence-corrected chi connectivity index (χ4v) is 2.59. The molecule has 0 bridgehead atoms. The maximum atomic E-state index is 11.6. The molecule has 0 amide bonds. The molecule has 1 aromatic carbocycles. The molecule has 25 heavy (non-hydrogen) atoms. The molecular weight excluding hydrogens is 320 g/mol. The summed E-state index contributed by atoms with van der Waals surface area (Å²) in [6, 6.07) is 7.09. The van der Waals surface area contributed by atoms with Crippen molar-refractivity contribution >= 4 is 5.97 Å². The first-order valence-corrected chi connectivity index (χ1v) is 9.30. The van der Waals surface area contributed by atoms with Gasteiger partial charge in [0.1, 0.15) is 5.75 Å². The minimum Gasteiger partial charge on any atom is -0.494 e. The molecule has 1 saturated heterocycles. The first kappa shape index (κ1) is 19.7. The molecule has 0 aromatic heterocycles. The summed E-state index contributed by atoms with van der Waals surface area (Å²) >= 11 is 0. The van der Waals surface area contributed by atoms with Crippen LogP contribution in [0.15, 0.2) is 24.3 Å². The third-order valence-corrected chi connectivity index (χ3v) is 4.39. The summed E-state index contributed by atoms with van der Waals surface area (Å²) in [4.78, 5) is 11.6. The summed E-state index contributed by atoms with van der Waals surface area (Å²) in [6.45, 7) is 7.48. The third-order valence-electron chi connectivity index (χ3n) is 4.39. The zero-order chi connectivity index (χ0) is 17.9. The maximum Gasteiger partial charge on any atom is 0.338 e. The van der Waals surface area contributed by atoms with Gasteiger partial charge in [0.25, 0.3) is 0 Å². The van der Waals surface area contributed by atoms with Crippen molar-refractivity contribution in [1.29, 1.82) is 0 Å². The summed E-state index contributed by atoms with van der Waals surface area (Å²) in [5.74, 6) is 1.08. The summed E-state index contributed by atoms with van der Waals surface area (Å²) < 4.78 is 21.6. The number of benzene rings is 1. The fourth-order valence-electron chi connectivity index (χ4n) is 2.59. The van der Waals surface area contributed by atoms with Crippen molar-refractivity contribution in [3.63, 3.8) is 0 Å². The van der Waals surface area contributed by atoms with E-state index in [1.807, 2.05) is 12.1 Å². The number of rotatable bonds is 12. The van der Waals surface area contributed by atoms with Gasteiger partial charge in [0.05, 0.1) is 38.1 Å². The van der Waals surface area contributed by atoms with Gasteiger partial charge in [-0.1, -0.05) is 6.42 Å². The van der Waals surface area contributed by atoms with Crippen LogP contribution < -0.4 is 4.74 Å². The molecule has 1 heterocycles. The van der Waals surface area contributed by atoms with E-state index in [1.165, 1.54) is 0 Å². The van der Waals surface area contributed by atoms with E-state index in [1.54, 1.807) is 19.1 Å². The maximum absolute atomic E-state index is 11.6. The number of hydrogen-bond donors (Lipinski definition) is 0. The van der Waals surface area contributed by atoms with Gasteiger partial charge in [-0.25, -0.2) is 4.79 Å². The van der Waals surface area contributed by atoms with Crippen LogP contribution in [0.3, 0.4) is 0 Å². The Hall–Kier alpha value is -1.59. The van der Waals surface area contributed by atoms with Crippen LogP contribution in [-0.4, -0.2) is 45.1 Å². The average Bonchev–Trinajstić information content (AvgIpc) is 2.62. The lowest BCUT2D eigenvalue weighted by atomic mass is 10.0. The smallest absolute Gasteiger partial charge is 0.338 e. The Balaban J connectivity index is 1.45. The van der Waals surface area contributed by atoms with Gasteiger partial charge >= 0.3 is 5.97 Å². The second-order valence-corrected chi connectivity index (χ2v) is 6.38. The lowest BCUT2D eigenvalue weighted by molar-refractivity contribution is -0.130. The second-order valence-electron chi connectivity index (χ2n) is 6.38. The molecule has 140 valence electrons. The molecule has 0 N–H and O–H groups in total. The summed E-state index contributed by atoms with van der Waals surface area (Å²) in [5, 5.41) is 0. The van der Waals surface area contributed by atoms with E-state index in [0.717, 1.165) is 51.3 Å². The molecular formula is C20H30O5. The Bertz CT molecular complexity index is 499. The molecule has 0 spiro atoms. The minimum atomic E-state index is -0.296. The van der Waals surface area contributed by atoms with Gasteiger partial charge in [-0.05, 0) is 57.4 Å². The van der Waals surface area contributed by atoms with Crippen molar-refractivity contribution in [2.24, 2.45) is 5.92 Å². The van der Waals surface area contributed by atoms with Crippen LogP contribution in [0.1, 0.15) is 49.9 Å². The number of carbonyl (C=O) groups excluding carboxylic acids is 1. The zero-order valence-electron chi connectivity index (χ0n) is 15.4. The van der Waals surface area contributed by atoms with E-state index in [9.17, 15) is 4.79 Å². The number of carbonyl (C=O) groups is 1. The molecule has 2 unspecified atom stereocenters. The lowest BCUT2D eigenvalue weighted by Crippen LogP contribution is -2.40. The van der Waals surface area contributed by atoms with Crippen molar-refractivity contribution in [3.05, 3.63) is 29.8 Å². The molecule has 1 aliphatic heterocycles. The van der Waals surface area contributed by atoms with Crippen LogP contribution in [0.4, 0.5) is 0 Å². The Labute approximate surface area is 150 Å². The zero-order valence-corrected chi connectivity index (χ0v) is 15.4. The van der Waals surface area contributed by atoms with E-state index in [4.69, 9.17) is 18.9 Å². The van der Waals surface area contributed by atoms with Crippen molar-refractivity contribution in [3.8, 4) is 5.75 Å². The highest BCUT2D eigenvalue weighted by Gasteiger charge is 2.27. The Kier molecular flexibility index (Phi) is 8.77. The number of esters is 1. The molecule has 2 rings (SSSR count). The number of hydrogen-bond acceptors (Lipinski definition) is 5. The van der Waals surface area contributed by atoms with Crippen molar-refractivity contribution in [1.82, 2.24) is 0 Å². The van der Waals surface area contributed by atoms with Gasteiger partial charge in [-0.2, -0.15) is 0 Å². The predicted molar refractivity (Wildman–Crippen MR) is 96.1 cm³/mol. The van der Waals surface area contributed by atoms with Crippen LogP contribution >= 0.6 is 0 Å². The largest absolute Gasteiger partial charge is 0.494 e. The molecule has 1 fully saturated rings. The van der Waals surface area contributed by atoms with Gasteiger partial charge in [0.15, 0.2) is 0 Å². The predicted octanol–water partition coefficient (Wildman–Crippen LogP) is 3.85. The van der Waals surface area contributed by atoms with Gasteiger partial charge in [0, 0.05) is 12.5 Å². The average molecular weight is 350 g/mol. The second kappa shape index (κ2) is 11.1. The van der Waals surface area contributed by atoms with E-state index in [0.29, 0.717) is 30.8 Å². The standard InChI is InChI=1S/C20H30O5/c1-3-23-20(21)17-8-10-19(11-9-17)24-13-7-5-4-6-12-22-14-18-15-25-16(18)2/h8-11,16,18H,3-7,12-15H2,1-2H3. The van der Waals surface area contributed by atoms with Crippen LogP contribution in [-0.2, 0) is 14.2 Å². The monoisotopic (exact) mass is 350 g/mol. The lowest BCUT2D eigenvalue weighted by Gasteiger charge is -2.33. The van der Waals surface area contributed by atoms with Crippen molar-refractivity contribution < 1.29 is 23.7 Å². The van der Waals surface area contributed by atoms with Crippen LogP contribution in [0, 0.1) is 5.92 Å². The van der Waals surface area contributed by atoms with E-state index in [2.05, 4.69) is 6.92 Å². The highest BCUT2D eigenvalue weighted by molar-refractivity contribution is 5.89. The van der Waals surface area contributed by atoms with Crippen molar-refractivity contribution in [2.75, 3.05) is 33.0 Å². The molecule has 0 radical (unpaired) electrons. The van der Waals surface area contributed by atoms with Crippen LogP contribution in [0.25, 0.3) is 0 Å². The van der Waals surface area contributed by atoms with Gasteiger partial charge in [-0.15, -0.1) is 0 Å². The van der Waals surface area contributed by atoms with Gasteiger partial charge < -0.3 is 18.9 Å². The summed E-state index contributed by atoms with van der Waals surface area (Å²) in [7, 11) is 0. The van der Waals surface area contributed by atoms with Crippen LogP contribution in [0.5, 0.6) is 5.75 Å². The molecule has 5 nitrogen and oxygen atoms in total. The molecule has 5 heteroatoms. The van der Waals surface area contributed by atoms with E-state index in [-0.39, 0.29) is 5.97 Å². The molecule has 0 aliphatic carbocycles. The van der Waals surface area contributed by atoms with E-state index < -0.39 is 0 Å². The summed E-state index contributed by atoms with van der Waals surface area (Å²) in [5.41, 5.74) is 0.553. The molecule has 1 aliphatic rings. The quantitative estimate of drug-likeness (QED) is 0.423. The number of ether oxygens (including phenoxy) is 4. The first-order valence-electron chi connectivity index (χ1n) is 9.30. The summed E-state index contributed by atoms with van der Waals surface area (Å²) in [6.07, 6.45) is 4.77. The number of unbranched alkanes of at least 4 members (excludes halogenated alkanes) is 3. The minimum absolute atomic E-state index is 0.296. The Morgan fingerprint density at radius 2 is 1.84 bits per heavy atom. The van der Waals surface area contributed by atoms with Crippen molar-refractivity contribution in [2.45, 2.75) is 45.6 Å². The third kappa shape index (κ3) is 7.04. The highest BCUT2D eigenvalue weighted by Crippen LogP contribution is 2.19. The SMILES string of the molecule is CCOC(=O)c1ccc(OCCCCCCOCC2COC2C)cc1. The topological polar surface area (TPSA) is 54.0 Å². The molecule has 1 aromatic rings. The highest BCUT2D eigenvalue weighted by atomic mass is 16.5. The Morgan fingerprint density at radius 1 is 1.12 bits per heavy atom. The molecule has 0 saturated carbocycles. The molecule has 2 atom stereocenters. The Morgan fingerprint density at radius 3 is 2.44 bits per heavy atom. The fraction of sp³-hybridized carbons (Fsp3) is 0.650. The van der Waals surface area contributed by atoms with Gasteiger partial charge in [-0.3, -0.25) is 0 Å². The van der Waals surface area contributed by atoms with Crippen LogP contribution in [0.2, 0.25) is 0 Å². The van der Waals surface area contributed by atoms with E-state index >= 15 is 0 Å². The first-order chi connectivity index (χ1) is 12.2. The van der Waals surface area contributed by atoms with Gasteiger partial charge in [0.2, 0.25) is 0 Å². The normalized spacial score (nSPS) is 19.3.